The molecule has 1 heterocycles. The number of rotatable bonds is 1. The summed E-state index contributed by atoms with van der Waals surface area (Å²) in [5.74, 6) is 0. The number of hydrogen-bond donors (Lipinski definition) is 1. The molecule has 0 radical (unpaired) electrons. The molecule has 0 aromatic rings. The van der Waals surface area contributed by atoms with Crippen molar-refractivity contribution in [2.24, 2.45) is 0 Å². The van der Waals surface area contributed by atoms with E-state index in [-0.39, 0.29) is 24.5 Å². The number of carbonyl (C=O) groups excluding carboxylic acids is 1. The van der Waals surface area contributed by atoms with E-state index in [1.54, 1.807) is 11.0 Å². The summed E-state index contributed by atoms with van der Waals surface area (Å²) < 4.78 is 5.29. The van der Waals surface area contributed by atoms with Crippen molar-refractivity contribution in [3.05, 3.63) is 12.7 Å². The summed E-state index contributed by atoms with van der Waals surface area (Å²) in [6.45, 7) is 9.75. The van der Waals surface area contributed by atoms with Crippen LogP contribution in [0.1, 0.15) is 33.6 Å². The average molecular weight is 264 g/mol. The fourth-order valence-electron chi connectivity index (χ4n) is 1.82. The molecule has 5 heteroatoms. The van der Waals surface area contributed by atoms with Crippen molar-refractivity contribution in [2.45, 2.75) is 51.4 Å². The van der Waals surface area contributed by atoms with Gasteiger partial charge in [-0.15, -0.1) is 19.0 Å². The molecule has 1 aliphatic rings. The molecule has 0 saturated carbocycles. The second-order valence-corrected chi connectivity index (χ2v) is 5.11. The monoisotopic (exact) mass is 263 g/mol. The Kier molecular flexibility index (Phi) is 5.99. The fraction of sp³-hybridized carbons (Fsp3) is 0.750. The summed E-state index contributed by atoms with van der Waals surface area (Å²) in [4.78, 5) is 13.4. The number of aliphatic hydroxyl groups is 1. The molecule has 0 aromatic carbocycles. The van der Waals surface area contributed by atoms with Gasteiger partial charge < -0.3 is 9.84 Å². The second kappa shape index (κ2) is 6.26. The molecule has 17 heavy (non-hydrogen) atoms. The number of nitrogens with zero attached hydrogens (tertiary/aromatic N) is 1. The fourth-order valence-corrected chi connectivity index (χ4v) is 1.82. The van der Waals surface area contributed by atoms with Gasteiger partial charge in [0.2, 0.25) is 0 Å². The third kappa shape index (κ3) is 4.56. The average Bonchev–Trinajstić information content (AvgIpc) is 2.14. The Morgan fingerprint density at radius 3 is 2.59 bits per heavy atom. The van der Waals surface area contributed by atoms with Crippen LogP contribution in [0.5, 0.6) is 0 Å². The van der Waals surface area contributed by atoms with Gasteiger partial charge in [0.15, 0.2) is 0 Å². The van der Waals surface area contributed by atoms with Crippen molar-refractivity contribution in [2.75, 3.05) is 6.54 Å². The number of aliphatic hydroxyl groups excluding tert-OH is 1. The zero-order valence-corrected chi connectivity index (χ0v) is 11.5. The normalized spacial score (nSPS) is 24.8. The Hall–Kier alpha value is -0.740. The van der Waals surface area contributed by atoms with Gasteiger partial charge in [-0.25, -0.2) is 4.79 Å². The van der Waals surface area contributed by atoms with Crippen LogP contribution in [0, 0.1) is 0 Å². The molecule has 1 saturated heterocycles. The first-order valence-corrected chi connectivity index (χ1v) is 5.65. The summed E-state index contributed by atoms with van der Waals surface area (Å²) >= 11 is 0. The van der Waals surface area contributed by atoms with E-state index in [2.05, 4.69) is 6.58 Å². The molecule has 1 aliphatic heterocycles. The lowest BCUT2D eigenvalue weighted by Gasteiger charge is -2.37. The Bertz CT molecular complexity index is 275. The maximum absolute atomic E-state index is 11.9. The molecule has 100 valence electrons. The van der Waals surface area contributed by atoms with Gasteiger partial charge in [0.1, 0.15) is 5.60 Å². The topological polar surface area (TPSA) is 49.8 Å². The third-order valence-corrected chi connectivity index (χ3v) is 2.52. The van der Waals surface area contributed by atoms with Crippen LogP contribution in [0.3, 0.4) is 0 Å². The second-order valence-electron chi connectivity index (χ2n) is 5.11. The van der Waals surface area contributed by atoms with Gasteiger partial charge in [0, 0.05) is 6.54 Å². The van der Waals surface area contributed by atoms with E-state index >= 15 is 0 Å². The predicted molar refractivity (Wildman–Crippen MR) is 69.4 cm³/mol. The van der Waals surface area contributed by atoms with Gasteiger partial charge in [0.25, 0.3) is 0 Å². The highest BCUT2D eigenvalue weighted by atomic mass is 35.5. The molecule has 2 atom stereocenters. The van der Waals surface area contributed by atoms with Crippen molar-refractivity contribution in [3.63, 3.8) is 0 Å². The number of halogens is 1. The van der Waals surface area contributed by atoms with Crippen LogP contribution in [0.2, 0.25) is 0 Å². The van der Waals surface area contributed by atoms with E-state index in [4.69, 9.17) is 4.74 Å². The molecule has 1 rings (SSSR count). The van der Waals surface area contributed by atoms with Crippen LogP contribution < -0.4 is 0 Å². The minimum atomic E-state index is -0.529. The molecular weight excluding hydrogens is 242 g/mol. The van der Waals surface area contributed by atoms with Gasteiger partial charge >= 0.3 is 6.09 Å². The summed E-state index contributed by atoms with van der Waals surface area (Å²) in [5.41, 5.74) is -0.509. The van der Waals surface area contributed by atoms with E-state index in [0.29, 0.717) is 13.0 Å². The van der Waals surface area contributed by atoms with Gasteiger partial charge in [-0.1, -0.05) is 6.08 Å². The quantitative estimate of drug-likeness (QED) is 0.739. The number of hydrogen-bond acceptors (Lipinski definition) is 3. The van der Waals surface area contributed by atoms with E-state index in [1.807, 2.05) is 20.8 Å². The lowest BCUT2D eigenvalue weighted by molar-refractivity contribution is -0.0114. The Balaban J connectivity index is 0.00000256. The Morgan fingerprint density at radius 1 is 1.53 bits per heavy atom. The van der Waals surface area contributed by atoms with Crippen LogP contribution in [0.25, 0.3) is 0 Å². The molecular formula is C12H22ClNO3. The van der Waals surface area contributed by atoms with Gasteiger partial charge in [-0.05, 0) is 33.6 Å². The molecule has 4 nitrogen and oxygen atoms in total. The zero-order valence-electron chi connectivity index (χ0n) is 10.7. The summed E-state index contributed by atoms with van der Waals surface area (Å²) in [6, 6.07) is -0.330. The Labute approximate surface area is 109 Å². The van der Waals surface area contributed by atoms with Crippen LogP contribution in [-0.4, -0.2) is 40.4 Å². The van der Waals surface area contributed by atoms with Crippen molar-refractivity contribution in [1.29, 1.82) is 0 Å². The van der Waals surface area contributed by atoms with Crippen molar-refractivity contribution >= 4 is 18.5 Å². The highest BCUT2D eigenvalue weighted by molar-refractivity contribution is 5.85. The van der Waals surface area contributed by atoms with Crippen molar-refractivity contribution < 1.29 is 14.6 Å². The molecule has 0 bridgehead atoms. The molecule has 0 spiro atoms. The summed E-state index contributed by atoms with van der Waals surface area (Å²) in [7, 11) is 0. The highest BCUT2D eigenvalue weighted by Crippen LogP contribution is 2.21. The van der Waals surface area contributed by atoms with Crippen LogP contribution in [0.4, 0.5) is 4.79 Å². The lowest BCUT2D eigenvalue weighted by Crippen LogP contribution is -2.51. The van der Waals surface area contributed by atoms with Gasteiger partial charge in [-0.2, -0.15) is 0 Å². The molecule has 0 aliphatic carbocycles. The molecule has 0 aromatic heterocycles. The zero-order chi connectivity index (χ0) is 12.3. The van der Waals surface area contributed by atoms with Crippen molar-refractivity contribution in [1.82, 2.24) is 4.90 Å². The third-order valence-electron chi connectivity index (χ3n) is 2.52. The number of piperidine rings is 1. The summed E-state index contributed by atoms with van der Waals surface area (Å²) in [6.07, 6.45) is 2.20. The predicted octanol–water partition coefficient (Wildman–Crippen LogP) is 2.35. The SMILES string of the molecule is C=C[C@@H]1[C@@H](O)CCCN1C(=O)OC(C)(C)C.Cl. The number of ether oxygens (including phenoxy) is 1. The summed E-state index contributed by atoms with van der Waals surface area (Å²) in [5, 5.41) is 9.77. The van der Waals surface area contributed by atoms with E-state index in [9.17, 15) is 9.90 Å². The maximum atomic E-state index is 11.9. The van der Waals surface area contributed by atoms with Crippen LogP contribution in [0.15, 0.2) is 12.7 Å². The first kappa shape index (κ1) is 16.3. The van der Waals surface area contributed by atoms with Crippen LogP contribution >= 0.6 is 12.4 Å². The molecule has 0 unspecified atom stereocenters. The lowest BCUT2D eigenvalue weighted by atomic mass is 9.99. The maximum Gasteiger partial charge on any atom is 0.410 e. The first-order valence-electron chi connectivity index (χ1n) is 5.65. The molecule has 1 N–H and O–H groups in total. The number of amides is 1. The van der Waals surface area contributed by atoms with Gasteiger partial charge in [-0.3, -0.25) is 4.90 Å². The smallest absolute Gasteiger partial charge is 0.410 e. The van der Waals surface area contributed by atoms with E-state index < -0.39 is 11.7 Å². The number of likely N-dealkylation sites (tertiary alicyclic amines) is 1. The number of carbonyl (C=O) groups is 1. The Morgan fingerprint density at radius 2 is 2.12 bits per heavy atom. The minimum Gasteiger partial charge on any atom is -0.444 e. The van der Waals surface area contributed by atoms with Crippen molar-refractivity contribution in [3.8, 4) is 0 Å². The minimum absolute atomic E-state index is 0. The molecule has 1 fully saturated rings. The standard InChI is InChI=1S/C12H21NO3.ClH/c1-5-9-10(14)7-6-8-13(9)11(15)16-12(2,3)4;/h5,9-10,14H,1,6-8H2,2-4H3;1H/t9-,10+;/m1./s1. The van der Waals surface area contributed by atoms with E-state index in [1.165, 1.54) is 0 Å². The van der Waals surface area contributed by atoms with Gasteiger partial charge in [0.05, 0.1) is 12.1 Å². The first-order chi connectivity index (χ1) is 7.35. The van der Waals surface area contributed by atoms with E-state index in [0.717, 1.165) is 6.42 Å². The molecule has 1 amide bonds. The largest absolute Gasteiger partial charge is 0.444 e. The van der Waals surface area contributed by atoms with Crippen LogP contribution in [-0.2, 0) is 4.74 Å². The highest BCUT2D eigenvalue weighted by Gasteiger charge is 2.33.